The Hall–Kier alpha value is -2.86. The molecule has 0 saturated carbocycles. The van der Waals surface area contributed by atoms with Crippen LogP contribution in [0.3, 0.4) is 0 Å². The number of halogens is 1. The van der Waals surface area contributed by atoms with E-state index in [2.05, 4.69) is 21.2 Å². The van der Waals surface area contributed by atoms with Crippen molar-refractivity contribution in [2.45, 2.75) is 11.8 Å². The summed E-state index contributed by atoms with van der Waals surface area (Å²) >= 11 is 3.51. The minimum Gasteiger partial charge on any atom is -0.464 e. The fraction of sp³-hybridized carbons (Fsp3) is 0.143. The number of benzene rings is 2. The summed E-state index contributed by atoms with van der Waals surface area (Å²) in [5.41, 5.74) is 3.30. The SMILES string of the molecule is Cn1cc(C2C(=O)NC(=O)C2c2coc3ccccc23)c2cc(Br)ccc21. The number of hydrogen-bond acceptors (Lipinski definition) is 3. The molecule has 6 heteroatoms. The van der Waals surface area contributed by atoms with Crippen LogP contribution in [0.25, 0.3) is 21.9 Å². The third kappa shape index (κ3) is 2.36. The van der Waals surface area contributed by atoms with Crippen LogP contribution in [0.5, 0.6) is 0 Å². The van der Waals surface area contributed by atoms with Gasteiger partial charge in [0, 0.05) is 39.6 Å². The van der Waals surface area contributed by atoms with Gasteiger partial charge in [0.2, 0.25) is 11.8 Å². The molecule has 1 aliphatic rings. The molecule has 0 radical (unpaired) electrons. The molecule has 2 aromatic carbocycles. The van der Waals surface area contributed by atoms with Crippen molar-refractivity contribution < 1.29 is 14.0 Å². The van der Waals surface area contributed by atoms with Gasteiger partial charge < -0.3 is 8.98 Å². The van der Waals surface area contributed by atoms with Gasteiger partial charge in [-0.25, -0.2) is 0 Å². The van der Waals surface area contributed by atoms with Crippen LogP contribution in [-0.4, -0.2) is 16.4 Å². The van der Waals surface area contributed by atoms with Crippen molar-refractivity contribution in [3.63, 3.8) is 0 Å². The van der Waals surface area contributed by atoms with Gasteiger partial charge >= 0.3 is 0 Å². The maximum Gasteiger partial charge on any atom is 0.235 e. The van der Waals surface area contributed by atoms with Crippen molar-refractivity contribution in [1.29, 1.82) is 0 Å². The van der Waals surface area contributed by atoms with E-state index in [4.69, 9.17) is 4.42 Å². The summed E-state index contributed by atoms with van der Waals surface area (Å²) in [6.45, 7) is 0. The van der Waals surface area contributed by atoms with Gasteiger partial charge in [0.15, 0.2) is 0 Å². The van der Waals surface area contributed by atoms with Crippen molar-refractivity contribution in [1.82, 2.24) is 9.88 Å². The molecular weight excluding hydrogens is 408 g/mol. The zero-order valence-corrected chi connectivity index (χ0v) is 16.0. The first kappa shape index (κ1) is 16.3. The average molecular weight is 423 g/mol. The summed E-state index contributed by atoms with van der Waals surface area (Å²) in [6.07, 6.45) is 3.54. The summed E-state index contributed by atoms with van der Waals surface area (Å²) in [5, 5.41) is 4.33. The fourth-order valence-corrected chi connectivity index (χ4v) is 4.46. The minimum atomic E-state index is -0.620. The van der Waals surface area contributed by atoms with Crippen LogP contribution in [0.2, 0.25) is 0 Å². The van der Waals surface area contributed by atoms with E-state index in [1.54, 1.807) is 6.26 Å². The summed E-state index contributed by atoms with van der Waals surface area (Å²) in [7, 11) is 1.94. The topological polar surface area (TPSA) is 64.2 Å². The molecule has 0 aliphatic carbocycles. The lowest BCUT2D eigenvalue weighted by molar-refractivity contribution is -0.125. The Morgan fingerprint density at radius 2 is 1.74 bits per heavy atom. The molecule has 5 nitrogen and oxygen atoms in total. The number of hydrogen-bond donors (Lipinski definition) is 1. The smallest absolute Gasteiger partial charge is 0.235 e. The van der Waals surface area contributed by atoms with Crippen molar-refractivity contribution in [2.24, 2.45) is 7.05 Å². The van der Waals surface area contributed by atoms with Crippen molar-refractivity contribution >= 4 is 49.6 Å². The average Bonchev–Trinajstić information content (AvgIpc) is 3.28. The summed E-state index contributed by atoms with van der Waals surface area (Å²) < 4.78 is 8.55. The third-order valence-electron chi connectivity index (χ3n) is 5.31. The number of carbonyl (C=O) groups is 2. The van der Waals surface area contributed by atoms with E-state index in [1.807, 2.05) is 60.3 Å². The van der Waals surface area contributed by atoms with Gasteiger partial charge in [-0.05, 0) is 29.8 Å². The molecule has 5 rings (SSSR count). The van der Waals surface area contributed by atoms with Crippen LogP contribution in [0, 0.1) is 0 Å². The van der Waals surface area contributed by atoms with E-state index in [0.29, 0.717) is 5.58 Å². The second kappa shape index (κ2) is 5.82. The highest BCUT2D eigenvalue weighted by molar-refractivity contribution is 9.10. The second-order valence-corrected chi connectivity index (χ2v) is 7.77. The highest BCUT2D eigenvalue weighted by atomic mass is 79.9. The fourth-order valence-electron chi connectivity index (χ4n) is 4.10. The number of nitrogens with zero attached hydrogens (tertiary/aromatic N) is 1. The Bertz CT molecular complexity index is 1240. The molecule has 4 aromatic rings. The number of rotatable bonds is 2. The van der Waals surface area contributed by atoms with Crippen molar-refractivity contribution in [3.05, 3.63) is 70.5 Å². The Labute approximate surface area is 163 Å². The van der Waals surface area contributed by atoms with Crippen LogP contribution < -0.4 is 5.32 Å². The molecular formula is C21H15BrN2O3. The number of amides is 2. The molecule has 2 atom stereocenters. The number of para-hydroxylation sites is 1. The highest BCUT2D eigenvalue weighted by Gasteiger charge is 2.45. The molecule has 2 aromatic heterocycles. The number of imide groups is 1. The van der Waals surface area contributed by atoms with E-state index in [9.17, 15) is 9.59 Å². The third-order valence-corrected chi connectivity index (χ3v) is 5.80. The lowest BCUT2D eigenvalue weighted by atomic mass is 9.83. The summed E-state index contributed by atoms with van der Waals surface area (Å²) in [6, 6.07) is 13.5. The Morgan fingerprint density at radius 3 is 2.56 bits per heavy atom. The van der Waals surface area contributed by atoms with Crippen LogP contribution in [0.15, 0.2) is 63.8 Å². The first-order chi connectivity index (χ1) is 13.0. The zero-order chi connectivity index (χ0) is 18.7. The number of aromatic nitrogens is 1. The standard InChI is InChI=1S/C21H15BrN2O3/c1-24-9-14(13-8-11(22)6-7-16(13)24)18-19(21(26)23-20(18)25)15-10-27-17-5-3-2-4-12(15)17/h2-10,18-19H,1H3,(H,23,25,26). The number of furan rings is 1. The predicted octanol–water partition coefficient (Wildman–Crippen LogP) is 4.21. The van der Waals surface area contributed by atoms with Crippen molar-refractivity contribution in [2.75, 3.05) is 0 Å². The molecule has 27 heavy (non-hydrogen) atoms. The Morgan fingerprint density at radius 1 is 1.00 bits per heavy atom. The van der Waals surface area contributed by atoms with E-state index in [1.165, 1.54) is 0 Å². The van der Waals surface area contributed by atoms with E-state index in [0.717, 1.165) is 31.9 Å². The number of fused-ring (bicyclic) bond motifs is 2. The van der Waals surface area contributed by atoms with Gasteiger partial charge in [0.1, 0.15) is 5.58 Å². The molecule has 1 N–H and O–H groups in total. The highest BCUT2D eigenvalue weighted by Crippen LogP contribution is 2.43. The zero-order valence-electron chi connectivity index (χ0n) is 14.4. The first-order valence-electron chi connectivity index (χ1n) is 8.60. The van der Waals surface area contributed by atoms with Crippen LogP contribution in [0.1, 0.15) is 23.0 Å². The maximum absolute atomic E-state index is 12.8. The van der Waals surface area contributed by atoms with Gasteiger partial charge in [0.25, 0.3) is 0 Å². The molecule has 1 saturated heterocycles. The molecule has 1 aliphatic heterocycles. The number of aryl methyl sites for hydroxylation is 1. The lowest BCUT2D eigenvalue weighted by Gasteiger charge is -2.14. The lowest BCUT2D eigenvalue weighted by Crippen LogP contribution is -2.21. The Kier molecular flexibility index (Phi) is 3.52. The maximum atomic E-state index is 12.8. The summed E-state index contributed by atoms with van der Waals surface area (Å²) in [4.78, 5) is 25.5. The Balaban J connectivity index is 1.74. The second-order valence-electron chi connectivity index (χ2n) is 6.85. The number of nitrogens with one attached hydrogen (secondary N) is 1. The minimum absolute atomic E-state index is 0.275. The van der Waals surface area contributed by atoms with Gasteiger partial charge in [-0.15, -0.1) is 0 Å². The molecule has 0 bridgehead atoms. The monoisotopic (exact) mass is 422 g/mol. The molecule has 0 spiro atoms. The van der Waals surface area contributed by atoms with Crippen LogP contribution in [-0.2, 0) is 16.6 Å². The van der Waals surface area contributed by atoms with Gasteiger partial charge in [0.05, 0.1) is 18.1 Å². The van der Waals surface area contributed by atoms with Gasteiger partial charge in [-0.2, -0.15) is 0 Å². The summed E-state index contributed by atoms with van der Waals surface area (Å²) in [5.74, 6) is -1.78. The van der Waals surface area contributed by atoms with Crippen molar-refractivity contribution in [3.8, 4) is 0 Å². The van der Waals surface area contributed by atoms with Crippen LogP contribution in [0.4, 0.5) is 0 Å². The van der Waals surface area contributed by atoms with E-state index < -0.39 is 11.8 Å². The predicted molar refractivity (Wildman–Crippen MR) is 105 cm³/mol. The molecule has 134 valence electrons. The molecule has 1 fully saturated rings. The normalized spacial score (nSPS) is 19.9. The molecule has 3 heterocycles. The first-order valence-corrected chi connectivity index (χ1v) is 9.39. The van der Waals surface area contributed by atoms with E-state index in [-0.39, 0.29) is 11.8 Å². The van der Waals surface area contributed by atoms with Gasteiger partial charge in [-0.3, -0.25) is 14.9 Å². The van der Waals surface area contributed by atoms with E-state index >= 15 is 0 Å². The largest absolute Gasteiger partial charge is 0.464 e. The van der Waals surface area contributed by atoms with Gasteiger partial charge in [-0.1, -0.05) is 34.1 Å². The quantitative estimate of drug-likeness (QED) is 0.492. The molecule has 2 amide bonds. The number of carbonyl (C=O) groups excluding carboxylic acids is 2. The molecule has 2 unspecified atom stereocenters. The van der Waals surface area contributed by atoms with Crippen LogP contribution >= 0.6 is 15.9 Å².